The molecular formula is C90H113ClN8O8. The summed E-state index contributed by atoms with van der Waals surface area (Å²) in [5, 5.41) is 30.4. The first-order valence-electron chi connectivity index (χ1n) is 38.5. The smallest absolute Gasteiger partial charge is 0.293 e. The molecule has 0 heterocycles. The minimum atomic E-state index is -0.413. The van der Waals surface area contributed by atoms with E-state index in [1.165, 1.54) is 134 Å². The van der Waals surface area contributed by atoms with Crippen LogP contribution in [-0.4, -0.2) is 32.8 Å². The van der Waals surface area contributed by atoms with Crippen LogP contribution in [0.3, 0.4) is 0 Å². The lowest BCUT2D eigenvalue weighted by Gasteiger charge is -2.19. The molecule has 0 bridgehead atoms. The Morgan fingerprint density at radius 3 is 1.03 bits per heavy atom. The summed E-state index contributed by atoms with van der Waals surface area (Å²) >= 11 is 5.33. The molecule has 3 amide bonds. The zero-order chi connectivity index (χ0) is 77.6. The van der Waals surface area contributed by atoms with Crippen LogP contribution in [0.15, 0.2) is 146 Å². The van der Waals surface area contributed by atoms with Crippen LogP contribution in [0.25, 0.3) is 0 Å². The third-order valence-corrected chi connectivity index (χ3v) is 20.9. The number of carbonyl (C=O) groups excluding carboxylic acids is 4. The molecule has 0 spiro atoms. The second kappa shape index (κ2) is 38.7. The fourth-order valence-electron chi connectivity index (χ4n) is 14.3. The highest BCUT2D eigenvalue weighted by atomic mass is 35.5. The molecule has 0 atom stereocenters. The van der Waals surface area contributed by atoms with Crippen molar-refractivity contribution in [1.29, 1.82) is 0 Å². The topological polar surface area (TPSA) is 269 Å². The first kappa shape index (κ1) is 83.0. The second-order valence-electron chi connectivity index (χ2n) is 32.2. The van der Waals surface area contributed by atoms with E-state index >= 15 is 0 Å². The largest absolute Gasteiger partial charge is 0.399 e. The maximum atomic E-state index is 12.7. The molecule has 5 aliphatic rings. The van der Waals surface area contributed by atoms with E-state index in [-0.39, 0.29) is 51.0 Å². The van der Waals surface area contributed by atoms with Gasteiger partial charge in [0.05, 0.1) is 21.2 Å². The van der Waals surface area contributed by atoms with Crippen LogP contribution >= 0.6 is 11.6 Å². The second-order valence-corrected chi connectivity index (χ2v) is 32.5. The summed E-state index contributed by atoms with van der Waals surface area (Å²) in [7, 11) is 0. The van der Waals surface area contributed by atoms with E-state index in [4.69, 9.17) is 28.8 Å². The number of amides is 3. The van der Waals surface area contributed by atoms with Gasteiger partial charge in [0.1, 0.15) is 11.4 Å². The van der Waals surface area contributed by atoms with Crippen LogP contribution in [0.2, 0.25) is 0 Å². The van der Waals surface area contributed by atoms with Crippen LogP contribution in [0, 0.1) is 20.2 Å². The molecule has 13 rings (SSSR count). The number of nitro benzene ring substituents is 2. The van der Waals surface area contributed by atoms with E-state index in [2.05, 4.69) is 109 Å². The van der Waals surface area contributed by atoms with Gasteiger partial charge in [0.25, 0.3) is 28.4 Å². The number of hydrogen-bond acceptors (Lipinski definition) is 11. The summed E-state index contributed by atoms with van der Waals surface area (Å²) in [6, 6.07) is 46.2. The van der Waals surface area contributed by atoms with Crippen LogP contribution in [0.5, 0.6) is 0 Å². The summed E-state index contributed by atoms with van der Waals surface area (Å²) < 4.78 is 0. The molecule has 8 aromatic carbocycles. The summed E-state index contributed by atoms with van der Waals surface area (Å²) in [6.45, 7) is 20.8. The van der Waals surface area contributed by atoms with Gasteiger partial charge in [-0.2, -0.15) is 0 Å². The SMILES string of the molecule is CC(=O)Nc1ccc2c(c1)CCCCC2.CC(C)(C)c1ccc(C(=O)Cl)cc1.CC(C)(C)c1ccc(C(=O)Nc2cc3c(cc2N)CCCCC3)cc1.CC(C)(C)c1ccc(C(=O)Nc2cc3c(cc2[N+](=O)[O-])CCCCC3)cc1.Nc1cc2c(cc1[N+](=O)[O-])CCCCC2.Nc1ccc2c(c1)CCCCC2. The minimum absolute atomic E-state index is 0.00331. The molecule has 17 heteroatoms. The number of hydrogen-bond donors (Lipinski definition) is 6. The maximum absolute atomic E-state index is 12.7. The third-order valence-electron chi connectivity index (χ3n) is 20.7. The van der Waals surface area contributed by atoms with Gasteiger partial charge in [-0.25, -0.2) is 0 Å². The quantitative estimate of drug-likeness (QED) is 0.0274. The molecule has 0 radical (unpaired) electrons. The van der Waals surface area contributed by atoms with Gasteiger partial charge in [0.15, 0.2) is 0 Å². The van der Waals surface area contributed by atoms with Crippen LogP contribution < -0.4 is 33.2 Å². The Morgan fingerprint density at radius 2 is 0.654 bits per heavy atom. The Kier molecular flexibility index (Phi) is 30.0. The number of benzene rings is 8. The zero-order valence-corrected chi connectivity index (χ0v) is 65.6. The fraction of sp³-hybridized carbons (Fsp3) is 0.422. The molecule has 568 valence electrons. The Hall–Kier alpha value is -9.67. The van der Waals surface area contributed by atoms with Gasteiger partial charge in [0.2, 0.25) is 5.91 Å². The number of fused-ring (bicyclic) bond motifs is 5. The number of nitro groups is 2. The van der Waals surface area contributed by atoms with Crippen molar-refractivity contribution in [2.45, 2.75) is 246 Å². The van der Waals surface area contributed by atoms with Gasteiger partial charge in [-0.1, -0.05) is 143 Å². The van der Waals surface area contributed by atoms with E-state index < -0.39 is 15.1 Å². The number of nitrogen functional groups attached to an aromatic ring is 3. The molecule has 9 N–H and O–H groups in total. The van der Waals surface area contributed by atoms with E-state index in [1.807, 2.05) is 66.7 Å². The molecule has 0 fully saturated rings. The van der Waals surface area contributed by atoms with Crippen molar-refractivity contribution in [1.82, 2.24) is 0 Å². The Balaban J connectivity index is 0.000000167. The van der Waals surface area contributed by atoms with Gasteiger partial charge in [-0.05, 0) is 314 Å². The number of anilines is 6. The first-order valence-corrected chi connectivity index (χ1v) is 38.9. The van der Waals surface area contributed by atoms with E-state index in [0.717, 1.165) is 116 Å². The van der Waals surface area contributed by atoms with E-state index in [0.29, 0.717) is 28.1 Å². The highest BCUT2D eigenvalue weighted by Gasteiger charge is 2.24. The van der Waals surface area contributed by atoms with Gasteiger partial charge >= 0.3 is 0 Å². The zero-order valence-electron chi connectivity index (χ0n) is 64.8. The predicted octanol–water partition coefficient (Wildman–Crippen LogP) is 21.8. The van der Waals surface area contributed by atoms with E-state index in [1.54, 1.807) is 55.5 Å². The normalized spacial score (nSPS) is 14.5. The molecule has 16 nitrogen and oxygen atoms in total. The van der Waals surface area contributed by atoms with Crippen molar-refractivity contribution in [2.75, 3.05) is 33.2 Å². The number of halogens is 1. The summed E-state index contributed by atoms with van der Waals surface area (Å²) in [4.78, 5) is 68.4. The van der Waals surface area contributed by atoms with Crippen LogP contribution in [0.4, 0.5) is 45.5 Å². The molecule has 107 heavy (non-hydrogen) atoms. The Labute approximate surface area is 639 Å². The first-order chi connectivity index (χ1) is 50.8. The summed E-state index contributed by atoms with van der Waals surface area (Å²) in [6.07, 6.45) is 29.0. The van der Waals surface area contributed by atoms with Gasteiger partial charge in [0, 0.05) is 47.1 Å². The van der Waals surface area contributed by atoms with E-state index in [9.17, 15) is 39.4 Å². The number of carbonyl (C=O) groups is 4. The Bertz CT molecular complexity index is 4390. The molecular weight excluding hydrogens is 1360 g/mol. The fourth-order valence-corrected chi connectivity index (χ4v) is 14.4. The molecule has 0 unspecified atom stereocenters. The summed E-state index contributed by atoms with van der Waals surface area (Å²) in [5.41, 5.74) is 39.8. The molecule has 5 aliphatic carbocycles. The molecule has 8 aromatic rings. The standard InChI is InChI=1S/C22H26N2O3.C22H28N2O.C13H17NO.C11H13ClO.C11H14N2O2.C11H15N/c1-22(2,3)18-11-9-15(10-12-18)21(25)23-19-13-16-7-5-4-6-8-17(16)14-20(19)24(26)27;1-22(2,3)18-11-9-15(10-12-18)21(25)24-20-14-17-8-6-4-5-7-16(17)13-19(20)23;1-10(15)14-13-8-7-11-5-3-2-4-6-12(11)9-13;1-11(2,3)9-6-4-8(5-7-9)10(12)13;12-10-6-8-4-2-1-3-5-9(8)7-11(10)13(14)15;12-11-7-6-9-4-2-1-3-5-10(9)8-11/h9-14H,4-8H2,1-3H3,(H,23,25);9-14H,4-8,23H2,1-3H3,(H,24,25);7-9H,2-6H2,1H3,(H,14,15);4-7H,1-3H3;6-7H,1-5,12H2;6-8H,1-5,12H2. The Morgan fingerprint density at radius 1 is 0.346 bits per heavy atom. The van der Waals surface area contributed by atoms with Crippen molar-refractivity contribution < 1.29 is 29.0 Å². The van der Waals surface area contributed by atoms with Crippen molar-refractivity contribution in [3.05, 3.63) is 255 Å². The van der Waals surface area contributed by atoms with Crippen LogP contribution in [0.1, 0.15) is 269 Å². The average molecular weight is 1470 g/mol. The monoisotopic (exact) mass is 1470 g/mol. The van der Waals surface area contributed by atoms with Gasteiger partial charge in [-0.15, -0.1) is 0 Å². The molecule has 0 saturated carbocycles. The predicted molar refractivity (Wildman–Crippen MR) is 441 cm³/mol. The van der Waals surface area contributed by atoms with Gasteiger partial charge < -0.3 is 33.2 Å². The lowest BCUT2D eigenvalue weighted by Crippen LogP contribution is -2.15. The van der Waals surface area contributed by atoms with Crippen molar-refractivity contribution in [3.63, 3.8) is 0 Å². The molecule has 0 aromatic heterocycles. The number of rotatable bonds is 8. The van der Waals surface area contributed by atoms with Crippen LogP contribution in [-0.2, 0) is 85.2 Å². The van der Waals surface area contributed by atoms with Gasteiger partial charge in [-0.3, -0.25) is 39.4 Å². The van der Waals surface area contributed by atoms with Crippen molar-refractivity contribution in [3.8, 4) is 0 Å². The number of nitrogens with two attached hydrogens (primary N) is 3. The number of nitrogens with zero attached hydrogens (tertiary/aromatic N) is 2. The maximum Gasteiger partial charge on any atom is 0.293 e. The minimum Gasteiger partial charge on any atom is -0.399 e. The molecule has 0 aliphatic heterocycles. The average Bonchev–Trinajstić information content (AvgIpc) is 1.44. The number of aryl methyl sites for hydroxylation is 10. The van der Waals surface area contributed by atoms with Crippen molar-refractivity contribution in [2.24, 2.45) is 0 Å². The highest BCUT2D eigenvalue weighted by molar-refractivity contribution is 6.67. The highest BCUT2D eigenvalue weighted by Crippen LogP contribution is 2.36. The number of nitrogens with one attached hydrogen (secondary N) is 3. The third kappa shape index (κ3) is 25.2. The lowest BCUT2D eigenvalue weighted by molar-refractivity contribution is -0.384. The summed E-state index contributed by atoms with van der Waals surface area (Å²) in [5.74, 6) is -0.434. The lowest BCUT2D eigenvalue weighted by atomic mass is 9.86. The molecule has 0 saturated heterocycles. The van der Waals surface area contributed by atoms with Crippen molar-refractivity contribution >= 4 is 80.1 Å².